The van der Waals surface area contributed by atoms with E-state index >= 15 is 0 Å². The molecule has 12 rings (SSSR count). The van der Waals surface area contributed by atoms with Crippen LogP contribution < -0.4 is 27.0 Å². The molecule has 19 heteroatoms. The first-order valence-electron chi connectivity index (χ1n) is 21.4. The maximum absolute atomic E-state index is 13.1. The second kappa shape index (κ2) is 15.6. The van der Waals surface area contributed by atoms with Crippen molar-refractivity contribution in [1.29, 1.82) is 0 Å². The van der Waals surface area contributed by atoms with Gasteiger partial charge in [0.15, 0.2) is 29.0 Å². The summed E-state index contributed by atoms with van der Waals surface area (Å²) in [5, 5.41) is 76.8. The van der Waals surface area contributed by atoms with Crippen LogP contribution in [-0.2, 0) is 14.2 Å². The van der Waals surface area contributed by atoms with Gasteiger partial charge in [0.05, 0.1) is 39.9 Å². The summed E-state index contributed by atoms with van der Waals surface area (Å²) in [4.78, 5) is 50.8. The van der Waals surface area contributed by atoms with Crippen LogP contribution >= 0.6 is 0 Å². The van der Waals surface area contributed by atoms with Gasteiger partial charge in [-0.3, -0.25) is 4.79 Å². The Morgan fingerprint density at radius 3 is 1.66 bits per heavy atom. The summed E-state index contributed by atoms with van der Waals surface area (Å²) < 4.78 is 45.8. The number of aliphatic hydroxyl groups is 4. The maximum Gasteiger partial charge on any atom is 0.348 e. The first-order valence-corrected chi connectivity index (χ1v) is 21.4. The topological polar surface area (TPSA) is 299 Å². The van der Waals surface area contributed by atoms with Gasteiger partial charge in [0.25, 0.3) is 5.95 Å². The number of fused-ring (bicyclic) bond motifs is 4. The molecule has 10 aromatic rings. The van der Waals surface area contributed by atoms with Crippen LogP contribution in [0.15, 0.2) is 110 Å². The molecule has 2 fully saturated rings. The van der Waals surface area contributed by atoms with E-state index in [1.165, 1.54) is 55.5 Å². The van der Waals surface area contributed by atoms with E-state index in [9.17, 15) is 54.9 Å². The number of phenols is 2. The molecule has 348 valence electrons. The highest BCUT2D eigenvalue weighted by atomic mass is 16.8. The molecule has 6 aromatic carbocycles. The van der Waals surface area contributed by atoms with Crippen molar-refractivity contribution in [3.63, 3.8) is 0 Å². The Hall–Kier alpha value is -7.36. The third-order valence-corrected chi connectivity index (χ3v) is 13.2. The summed E-state index contributed by atoms with van der Waals surface area (Å²) in [6.07, 6.45) is -11.0. The Balaban J connectivity index is 0.000000177. The summed E-state index contributed by atoms with van der Waals surface area (Å²) in [6, 6.07) is 18.2. The Morgan fingerprint density at radius 1 is 0.471 bits per heavy atom. The predicted octanol–water partition coefficient (Wildman–Crippen LogP) is 4.74. The van der Waals surface area contributed by atoms with Crippen molar-refractivity contribution < 1.29 is 72.4 Å². The van der Waals surface area contributed by atoms with Gasteiger partial charge in [0, 0.05) is 38.2 Å². The fourth-order valence-corrected chi connectivity index (χ4v) is 9.67. The number of phenolic OH excluding ortho intramolecular Hbond substituents is 2. The highest BCUT2D eigenvalue weighted by Crippen LogP contribution is 2.46. The lowest BCUT2D eigenvalue weighted by Gasteiger charge is -2.45. The van der Waals surface area contributed by atoms with Gasteiger partial charge in [0.1, 0.15) is 57.5 Å². The lowest BCUT2D eigenvalue weighted by molar-refractivity contribution is -0.346. The smallest absolute Gasteiger partial charge is 0.348 e. The second-order valence-corrected chi connectivity index (χ2v) is 17.1. The predicted molar refractivity (Wildman–Crippen MR) is 242 cm³/mol. The van der Waals surface area contributed by atoms with Crippen molar-refractivity contribution >= 4 is 87.0 Å². The molecule has 19 nitrogen and oxygen atoms in total. The zero-order valence-corrected chi connectivity index (χ0v) is 35.7. The van der Waals surface area contributed by atoms with Crippen LogP contribution in [-0.4, -0.2) is 91.1 Å². The number of ether oxygens (including phenoxy) is 4. The Morgan fingerprint density at radius 2 is 1.00 bits per heavy atom. The standard InChI is InChI=1S/C31H30O13.C18H8O6/c1-10-21(32)11(2)39-30(22(10)33)44-27-25(36)23(34)12(3)40-31(27)42-16-9-4-6-13-18(16)26-19-17-14(28(37)43-26)7-5-8-15(17)41-29(38)20(19)24(13)35;19-9-5-1-3-7-11(9)16-13-12-8(17(21)24-16)4-2-6-10(12)23-18(22)14(13)15(7)20/h4-12,21-23,25,27,30-36H,1-3H3;1-6,20-21H/t10?,11?,12?,21-,22-,23+,25+,27?,30-,31+;/m1./s1. The summed E-state index contributed by atoms with van der Waals surface area (Å²) in [6.45, 7) is 4.75. The third kappa shape index (κ3) is 6.24. The minimum atomic E-state index is -1.56. The van der Waals surface area contributed by atoms with Crippen LogP contribution in [0.4, 0.5) is 0 Å². The van der Waals surface area contributed by atoms with Crippen LogP contribution in [0, 0.1) is 5.92 Å². The van der Waals surface area contributed by atoms with Gasteiger partial charge in [-0.25, -0.2) is 14.4 Å². The molecule has 0 amide bonds. The molecule has 0 spiro atoms. The molecular formula is C49H38O19. The van der Waals surface area contributed by atoms with E-state index in [0.717, 1.165) is 0 Å². The van der Waals surface area contributed by atoms with E-state index in [0.29, 0.717) is 10.8 Å². The second-order valence-electron chi connectivity index (χ2n) is 17.1. The molecule has 2 saturated heterocycles. The number of benzene rings is 6. The van der Waals surface area contributed by atoms with Crippen molar-refractivity contribution in [2.75, 3.05) is 0 Å². The summed E-state index contributed by atoms with van der Waals surface area (Å²) >= 11 is 0. The molecule has 68 heavy (non-hydrogen) atoms. The molecule has 10 atom stereocenters. The number of hydrogen-bond acceptors (Lipinski definition) is 19. The summed E-state index contributed by atoms with van der Waals surface area (Å²) in [5.41, 5.74) is -2.29. The zero-order valence-electron chi connectivity index (χ0n) is 35.7. The Labute approximate surface area is 378 Å². The first kappa shape index (κ1) is 43.2. The molecule has 7 N–H and O–H groups in total. The maximum atomic E-state index is 13.1. The van der Waals surface area contributed by atoms with Gasteiger partial charge in [0.2, 0.25) is 6.29 Å². The summed E-state index contributed by atoms with van der Waals surface area (Å²) in [5.74, 6) is -1.76. The molecule has 0 aliphatic carbocycles. The average molecular weight is 931 g/mol. The minimum Gasteiger partial charge on any atom is -0.506 e. The first-order chi connectivity index (χ1) is 32.5. The molecule has 2 aliphatic heterocycles. The van der Waals surface area contributed by atoms with Crippen molar-refractivity contribution in [3.05, 3.63) is 114 Å². The van der Waals surface area contributed by atoms with E-state index in [1.54, 1.807) is 38.1 Å². The number of aliphatic hydroxyl groups excluding tert-OH is 4. The van der Waals surface area contributed by atoms with Crippen LogP contribution in [0.25, 0.3) is 87.0 Å². The number of rotatable bonds is 4. The fraction of sp³-hybridized carbons (Fsp3) is 0.265. The van der Waals surface area contributed by atoms with E-state index in [4.69, 9.17) is 36.6 Å². The quantitative estimate of drug-likeness (QED) is 0.0712. The van der Waals surface area contributed by atoms with Crippen molar-refractivity contribution in [3.8, 4) is 23.2 Å². The number of aromatic hydroxyl groups is 3. The monoisotopic (exact) mass is 930 g/mol. The van der Waals surface area contributed by atoms with Crippen molar-refractivity contribution in [2.24, 2.45) is 5.92 Å². The van der Waals surface area contributed by atoms with Gasteiger partial charge in [-0.15, -0.1) is 0 Å². The highest BCUT2D eigenvalue weighted by molar-refractivity contribution is 6.29. The van der Waals surface area contributed by atoms with Crippen LogP contribution in [0.3, 0.4) is 0 Å². The molecule has 0 saturated carbocycles. The SMILES string of the molecule is CC1O[C@H](OC2[C@H](Oc3cccc4c(O)c5c(=O)oc6cccc7c(=O)oc(c34)c5c67)OC(C)[C@H](O)[C@@H]2O)[C@H](O)C(C)[C@H]1O.O=c1oc2cccc3c(O)oc4c5c(=O)cccc5c(O)c1c4c23. The fourth-order valence-electron chi connectivity index (χ4n) is 9.67. The van der Waals surface area contributed by atoms with Crippen molar-refractivity contribution in [1.82, 2.24) is 0 Å². The van der Waals surface area contributed by atoms with Crippen LogP contribution in [0.5, 0.6) is 23.2 Å². The van der Waals surface area contributed by atoms with Gasteiger partial charge < -0.3 is 72.4 Å². The van der Waals surface area contributed by atoms with E-state index in [-0.39, 0.29) is 93.1 Å². The highest BCUT2D eigenvalue weighted by Gasteiger charge is 2.49. The largest absolute Gasteiger partial charge is 0.506 e. The molecule has 0 radical (unpaired) electrons. The lowest BCUT2D eigenvalue weighted by Crippen LogP contribution is -2.62. The van der Waals surface area contributed by atoms with Gasteiger partial charge in [-0.05, 0) is 50.2 Å². The molecular weight excluding hydrogens is 893 g/mol. The molecule has 0 bridgehead atoms. The van der Waals surface area contributed by atoms with E-state index < -0.39 is 89.8 Å². The Bertz CT molecular complexity index is 3910. The van der Waals surface area contributed by atoms with Crippen LogP contribution in [0.2, 0.25) is 0 Å². The molecule has 6 heterocycles. The van der Waals surface area contributed by atoms with Gasteiger partial charge >= 0.3 is 16.9 Å². The molecule has 4 unspecified atom stereocenters. The van der Waals surface area contributed by atoms with E-state index in [1.807, 2.05) is 0 Å². The van der Waals surface area contributed by atoms with Gasteiger partial charge in [-0.2, -0.15) is 0 Å². The summed E-state index contributed by atoms with van der Waals surface area (Å²) in [7, 11) is 0. The van der Waals surface area contributed by atoms with Crippen LogP contribution in [0.1, 0.15) is 20.8 Å². The van der Waals surface area contributed by atoms with Crippen molar-refractivity contribution in [2.45, 2.75) is 76.1 Å². The average Bonchev–Trinajstić information content (AvgIpc) is 3.31. The molecule has 2 aliphatic rings. The Kier molecular flexibility index (Phi) is 9.92. The normalized spacial score (nSPS) is 25.6. The lowest BCUT2D eigenvalue weighted by atomic mass is 9.91. The third-order valence-electron chi connectivity index (χ3n) is 13.2. The van der Waals surface area contributed by atoms with Gasteiger partial charge in [-0.1, -0.05) is 43.3 Å². The molecule has 4 aromatic heterocycles. The minimum absolute atomic E-state index is 0.0277. The number of hydrogen-bond donors (Lipinski definition) is 7. The van der Waals surface area contributed by atoms with E-state index in [2.05, 4.69) is 0 Å². The zero-order chi connectivity index (χ0) is 47.8.